The molecule has 0 unspecified atom stereocenters. The maximum Gasteiger partial charge on any atom is 0.175 e. The van der Waals surface area contributed by atoms with Gasteiger partial charge in [0.25, 0.3) is 0 Å². The van der Waals surface area contributed by atoms with Gasteiger partial charge in [0.2, 0.25) is 0 Å². The summed E-state index contributed by atoms with van der Waals surface area (Å²) in [6.07, 6.45) is -0.705. The van der Waals surface area contributed by atoms with Gasteiger partial charge in [-0.15, -0.1) is 0 Å². The lowest BCUT2D eigenvalue weighted by atomic mass is 10.4. The summed E-state index contributed by atoms with van der Waals surface area (Å²) in [5.41, 5.74) is 0. The smallest absolute Gasteiger partial charge is 0.175 e. The van der Waals surface area contributed by atoms with E-state index in [1.165, 1.54) is 12.1 Å². The van der Waals surface area contributed by atoms with Crippen LogP contribution in [0.3, 0.4) is 0 Å². The van der Waals surface area contributed by atoms with Gasteiger partial charge in [-0.25, -0.2) is 8.42 Å². The van der Waals surface area contributed by atoms with E-state index in [2.05, 4.69) is 0 Å². The molecule has 2 nitrogen and oxygen atoms in total. The summed E-state index contributed by atoms with van der Waals surface area (Å²) in [6, 6.07) is 5.81. The van der Waals surface area contributed by atoms with E-state index in [0.717, 1.165) is 0 Å². The zero-order chi connectivity index (χ0) is 9.19. The van der Waals surface area contributed by atoms with Crippen molar-refractivity contribution in [1.82, 2.24) is 0 Å². The van der Waals surface area contributed by atoms with Crippen LogP contribution in [0.2, 0.25) is 0 Å². The van der Waals surface area contributed by atoms with E-state index in [9.17, 15) is 8.42 Å². The lowest BCUT2D eigenvalue weighted by Gasteiger charge is -1.93. The van der Waals surface area contributed by atoms with Gasteiger partial charge >= 0.3 is 0 Å². The van der Waals surface area contributed by atoms with Crippen LogP contribution in [0.1, 0.15) is 2.74 Å². The highest BCUT2D eigenvalue weighted by Crippen LogP contribution is 2.05. The molecule has 0 aliphatic carbocycles. The second-order valence-electron chi connectivity index (χ2n) is 1.84. The molecule has 0 aliphatic rings. The lowest BCUT2D eigenvalue weighted by molar-refractivity contribution is 0.602. The minimum absolute atomic E-state index is 0.0512. The van der Waals surface area contributed by atoms with Crippen LogP contribution in [-0.4, -0.2) is 14.6 Å². The molecule has 3 heteroatoms. The number of hydrogen-bond acceptors (Lipinski definition) is 2. The third-order valence-corrected chi connectivity index (χ3v) is 1.94. The largest absolute Gasteiger partial charge is 0.224 e. The summed E-state index contributed by atoms with van der Waals surface area (Å²) in [5.74, 6) is 0. The molecule has 0 N–H and O–H groups in total. The van der Waals surface area contributed by atoms with Gasteiger partial charge in [0.1, 0.15) is 0 Å². The van der Waals surface area contributed by atoms with Crippen LogP contribution < -0.4 is 0 Å². The highest BCUT2D eigenvalue weighted by molar-refractivity contribution is 7.90. The minimum Gasteiger partial charge on any atom is -0.224 e. The molecule has 0 radical (unpaired) electrons. The topological polar surface area (TPSA) is 34.1 Å². The van der Waals surface area contributed by atoms with E-state index in [1.807, 2.05) is 0 Å². The normalized spacial score (nSPS) is 14.0. The first-order valence-corrected chi connectivity index (χ1v) is 4.31. The second-order valence-corrected chi connectivity index (χ2v) is 3.51. The zero-order valence-electron chi connectivity index (χ0n) is 7.24. The molecule has 0 saturated carbocycles. The molecule has 0 aliphatic heterocycles. The predicted molar refractivity (Wildman–Crippen MR) is 39.6 cm³/mol. The fraction of sp³-hybridized carbons (Fsp3) is 0.143. The van der Waals surface area contributed by atoms with Gasteiger partial charge in [-0.2, -0.15) is 0 Å². The molecule has 1 rings (SSSR count). The van der Waals surface area contributed by atoms with Crippen LogP contribution in [0.5, 0.6) is 0 Å². The number of benzene rings is 1. The minimum atomic E-state index is -3.55. The summed E-state index contributed by atoms with van der Waals surface area (Å²) < 4.78 is 36.3. The van der Waals surface area contributed by atoms with Crippen molar-refractivity contribution in [2.75, 3.05) is 6.23 Å². The molecule has 0 spiro atoms. The molecule has 54 valence electrons. The predicted octanol–water partition coefficient (Wildman–Crippen LogP) is 1.09. The van der Waals surface area contributed by atoms with E-state index >= 15 is 0 Å². The SMILES string of the molecule is [2H]CS(=O)(=O)c1ccccc1[2H]. The van der Waals surface area contributed by atoms with E-state index in [-0.39, 0.29) is 10.9 Å². The molecule has 1 aromatic rings. The van der Waals surface area contributed by atoms with Crippen molar-refractivity contribution in [2.45, 2.75) is 4.90 Å². The Hall–Kier alpha value is -0.830. The fourth-order valence-electron chi connectivity index (χ4n) is 0.570. The Kier molecular flexibility index (Phi) is 1.19. The Morgan fingerprint density at radius 2 is 2.30 bits per heavy atom. The maximum absolute atomic E-state index is 11.1. The van der Waals surface area contributed by atoms with Crippen molar-refractivity contribution in [3.63, 3.8) is 0 Å². The first-order chi connectivity index (χ1) is 5.58. The van der Waals surface area contributed by atoms with Gasteiger partial charge in [-0.05, 0) is 12.1 Å². The van der Waals surface area contributed by atoms with Crippen LogP contribution in [0.4, 0.5) is 0 Å². The third-order valence-electron chi connectivity index (χ3n) is 1.02. The molecule has 0 fully saturated rings. The van der Waals surface area contributed by atoms with Crippen molar-refractivity contribution >= 4 is 9.84 Å². The number of rotatable bonds is 1. The molecule has 0 bridgehead atoms. The molecule has 0 atom stereocenters. The average molecular weight is 158 g/mol. The van der Waals surface area contributed by atoms with E-state index < -0.39 is 16.1 Å². The van der Waals surface area contributed by atoms with E-state index in [0.29, 0.717) is 0 Å². The maximum atomic E-state index is 11.1. The second kappa shape index (κ2) is 2.42. The lowest BCUT2D eigenvalue weighted by Crippen LogP contribution is -1.95. The third kappa shape index (κ3) is 1.57. The van der Waals surface area contributed by atoms with Crippen LogP contribution >= 0.6 is 0 Å². The Labute approximate surface area is 63.2 Å². The molecule has 1 aromatic carbocycles. The van der Waals surface area contributed by atoms with Gasteiger partial charge < -0.3 is 0 Å². The molecule has 0 amide bonds. The van der Waals surface area contributed by atoms with Gasteiger partial charge in [0, 0.05) is 7.60 Å². The van der Waals surface area contributed by atoms with E-state index in [4.69, 9.17) is 2.74 Å². The number of hydrogen-bond donors (Lipinski definition) is 0. The van der Waals surface area contributed by atoms with Crippen molar-refractivity contribution in [2.24, 2.45) is 0 Å². The highest BCUT2D eigenvalue weighted by Gasteiger charge is 2.02. The standard InChI is InChI=1S/C7H8O2S/c1-10(8,9)7-5-3-2-4-6-7/h2-6H,1H3/i1D,5D. The molecule has 0 saturated heterocycles. The highest BCUT2D eigenvalue weighted by atomic mass is 32.2. The van der Waals surface area contributed by atoms with Crippen LogP contribution in [0, 0.1) is 0 Å². The van der Waals surface area contributed by atoms with Crippen molar-refractivity contribution in [3.05, 3.63) is 30.3 Å². The Bertz CT molecular complexity index is 373. The van der Waals surface area contributed by atoms with Gasteiger partial charge in [-0.1, -0.05) is 18.2 Å². The quantitative estimate of drug-likeness (QED) is 0.613. The first kappa shape index (κ1) is 4.91. The monoisotopic (exact) mass is 158 g/mol. The van der Waals surface area contributed by atoms with Crippen molar-refractivity contribution in [3.8, 4) is 0 Å². The first-order valence-electron chi connectivity index (χ1n) is 3.86. The summed E-state index contributed by atoms with van der Waals surface area (Å²) in [6.45, 7) is 0. The summed E-state index contributed by atoms with van der Waals surface area (Å²) in [4.78, 5) is -0.0694. The Balaban J connectivity index is 3.30. The summed E-state index contributed by atoms with van der Waals surface area (Å²) >= 11 is 0. The van der Waals surface area contributed by atoms with Crippen LogP contribution in [0.15, 0.2) is 35.2 Å². The zero-order valence-corrected chi connectivity index (χ0v) is 6.06. The summed E-state index contributed by atoms with van der Waals surface area (Å²) in [7, 11) is -3.55. The van der Waals surface area contributed by atoms with Crippen LogP contribution in [-0.2, 0) is 9.84 Å². The van der Waals surface area contributed by atoms with E-state index in [1.54, 1.807) is 12.1 Å². The van der Waals surface area contributed by atoms with Crippen molar-refractivity contribution < 1.29 is 11.2 Å². The Morgan fingerprint density at radius 1 is 1.50 bits per heavy atom. The van der Waals surface area contributed by atoms with Crippen molar-refractivity contribution in [1.29, 1.82) is 0 Å². The van der Waals surface area contributed by atoms with Gasteiger partial charge in [0.05, 0.1) is 6.27 Å². The van der Waals surface area contributed by atoms with Crippen LogP contribution in [0.25, 0.3) is 0 Å². The molecule has 0 heterocycles. The molecular weight excluding hydrogens is 148 g/mol. The van der Waals surface area contributed by atoms with Gasteiger partial charge in [0.15, 0.2) is 9.84 Å². The molecule has 10 heavy (non-hydrogen) atoms. The molecule has 0 aromatic heterocycles. The number of sulfone groups is 1. The fourth-order valence-corrected chi connectivity index (χ4v) is 1.10. The molecular formula is C7H8O2S. The summed E-state index contributed by atoms with van der Waals surface area (Å²) in [5, 5.41) is 0. The average Bonchev–Trinajstić information content (AvgIpc) is 2.05. The Morgan fingerprint density at radius 3 is 2.90 bits per heavy atom. The van der Waals surface area contributed by atoms with Gasteiger partial charge in [-0.3, -0.25) is 0 Å².